The third-order valence-corrected chi connectivity index (χ3v) is 4.30. The Labute approximate surface area is 132 Å². The van der Waals surface area contributed by atoms with Gasteiger partial charge in [0.05, 0.1) is 0 Å². The summed E-state index contributed by atoms with van der Waals surface area (Å²) in [6.07, 6.45) is 4.30. The lowest BCUT2D eigenvalue weighted by atomic mass is 9.96. The van der Waals surface area contributed by atoms with Crippen LogP contribution >= 0.6 is 0 Å². The number of hydrogen-bond donors (Lipinski definition) is 1. The molecule has 1 N–H and O–H groups in total. The fourth-order valence-corrected chi connectivity index (χ4v) is 2.96. The predicted molar refractivity (Wildman–Crippen MR) is 89.7 cm³/mol. The quantitative estimate of drug-likeness (QED) is 0.920. The molecule has 0 spiro atoms. The molecule has 0 radical (unpaired) electrons. The van der Waals surface area contributed by atoms with Gasteiger partial charge in [0.25, 0.3) is 0 Å². The van der Waals surface area contributed by atoms with Crippen LogP contribution in [0.4, 0.5) is 5.95 Å². The number of hydrogen-bond acceptors (Lipinski definition) is 4. The zero-order valence-corrected chi connectivity index (χ0v) is 13.2. The van der Waals surface area contributed by atoms with Crippen molar-refractivity contribution in [3.63, 3.8) is 0 Å². The summed E-state index contributed by atoms with van der Waals surface area (Å²) >= 11 is 0. The van der Waals surface area contributed by atoms with Gasteiger partial charge in [0, 0.05) is 25.0 Å². The highest BCUT2D eigenvalue weighted by atomic mass is 15.1. The fourth-order valence-electron chi connectivity index (χ4n) is 2.96. The summed E-state index contributed by atoms with van der Waals surface area (Å²) in [5.74, 6) is 1.47. The molecule has 1 fully saturated rings. The van der Waals surface area contributed by atoms with E-state index in [1.807, 2.05) is 19.2 Å². The maximum atomic E-state index is 4.40. The molecular weight excluding hydrogens is 272 g/mol. The van der Waals surface area contributed by atoms with Gasteiger partial charge in [0.2, 0.25) is 5.95 Å². The van der Waals surface area contributed by atoms with Crippen LogP contribution in [0.25, 0.3) is 0 Å². The van der Waals surface area contributed by atoms with E-state index in [1.54, 1.807) is 0 Å². The second kappa shape index (κ2) is 7.36. The number of nitrogens with one attached hydrogen (secondary N) is 1. The van der Waals surface area contributed by atoms with E-state index in [4.69, 9.17) is 0 Å². The van der Waals surface area contributed by atoms with Gasteiger partial charge >= 0.3 is 0 Å². The number of likely N-dealkylation sites (tertiary alicyclic amines) is 1. The first kappa shape index (κ1) is 15.0. The average Bonchev–Trinajstić information content (AvgIpc) is 2.55. The SMILES string of the molecule is Cc1ccnc(NCC2CCN(Cc3ccccc3)CC2)n1. The van der Waals surface area contributed by atoms with Gasteiger partial charge in [-0.05, 0) is 50.4 Å². The largest absolute Gasteiger partial charge is 0.354 e. The lowest BCUT2D eigenvalue weighted by Crippen LogP contribution is -2.35. The molecule has 2 heterocycles. The summed E-state index contributed by atoms with van der Waals surface area (Å²) in [6.45, 7) is 6.39. The minimum Gasteiger partial charge on any atom is -0.354 e. The van der Waals surface area contributed by atoms with Crippen molar-refractivity contribution >= 4 is 5.95 Å². The van der Waals surface area contributed by atoms with Crippen LogP contribution in [0.15, 0.2) is 42.6 Å². The predicted octanol–water partition coefficient (Wildman–Crippen LogP) is 3.11. The molecular formula is C18H24N4. The molecule has 1 aliphatic heterocycles. The van der Waals surface area contributed by atoms with Gasteiger partial charge in [-0.2, -0.15) is 0 Å². The van der Waals surface area contributed by atoms with Crippen LogP contribution in [0.2, 0.25) is 0 Å². The lowest BCUT2D eigenvalue weighted by Gasteiger charge is -2.32. The van der Waals surface area contributed by atoms with E-state index in [0.29, 0.717) is 0 Å². The molecule has 0 unspecified atom stereocenters. The van der Waals surface area contributed by atoms with Gasteiger partial charge in [-0.1, -0.05) is 30.3 Å². The summed E-state index contributed by atoms with van der Waals surface area (Å²) in [7, 11) is 0. The van der Waals surface area contributed by atoms with Crippen molar-refractivity contribution in [3.8, 4) is 0 Å². The van der Waals surface area contributed by atoms with Gasteiger partial charge in [0.15, 0.2) is 0 Å². The Balaban J connectivity index is 1.42. The monoisotopic (exact) mass is 296 g/mol. The topological polar surface area (TPSA) is 41.1 Å². The molecule has 0 saturated carbocycles. The molecule has 1 aromatic carbocycles. The standard InChI is InChI=1S/C18H24N4/c1-15-7-10-19-18(21-15)20-13-16-8-11-22(12-9-16)14-17-5-3-2-4-6-17/h2-7,10,16H,8-9,11-14H2,1H3,(H,19,20,21). The van der Waals surface area contributed by atoms with E-state index in [0.717, 1.165) is 30.6 Å². The van der Waals surface area contributed by atoms with Gasteiger partial charge in [-0.25, -0.2) is 9.97 Å². The molecule has 22 heavy (non-hydrogen) atoms. The number of nitrogens with zero attached hydrogens (tertiary/aromatic N) is 3. The van der Waals surface area contributed by atoms with E-state index < -0.39 is 0 Å². The normalized spacial score (nSPS) is 16.6. The minimum absolute atomic E-state index is 0.719. The van der Waals surface area contributed by atoms with E-state index in [9.17, 15) is 0 Å². The van der Waals surface area contributed by atoms with Crippen molar-refractivity contribution < 1.29 is 0 Å². The Bertz CT molecular complexity index is 577. The number of anilines is 1. The van der Waals surface area contributed by atoms with Gasteiger partial charge in [0.1, 0.15) is 0 Å². The third-order valence-electron chi connectivity index (χ3n) is 4.30. The molecule has 116 valence electrons. The second-order valence-corrected chi connectivity index (χ2v) is 6.11. The summed E-state index contributed by atoms with van der Waals surface area (Å²) in [6, 6.07) is 12.7. The van der Waals surface area contributed by atoms with Crippen LogP contribution in [-0.2, 0) is 6.54 Å². The molecule has 0 aliphatic carbocycles. The molecule has 2 aromatic rings. The Morgan fingerprint density at radius 2 is 1.91 bits per heavy atom. The van der Waals surface area contributed by atoms with Crippen molar-refractivity contribution in [3.05, 3.63) is 53.9 Å². The number of aryl methyl sites for hydroxylation is 1. The van der Waals surface area contributed by atoms with Crippen LogP contribution in [0.3, 0.4) is 0 Å². The molecule has 4 nitrogen and oxygen atoms in total. The highest BCUT2D eigenvalue weighted by molar-refractivity contribution is 5.24. The molecule has 0 atom stereocenters. The van der Waals surface area contributed by atoms with Crippen LogP contribution in [-0.4, -0.2) is 34.5 Å². The van der Waals surface area contributed by atoms with Crippen molar-refractivity contribution in [1.29, 1.82) is 0 Å². The van der Waals surface area contributed by atoms with E-state index in [2.05, 4.69) is 50.5 Å². The Morgan fingerprint density at radius 3 is 2.64 bits per heavy atom. The Kier molecular flexibility index (Phi) is 5.01. The zero-order chi connectivity index (χ0) is 15.2. The molecule has 4 heteroatoms. The number of rotatable bonds is 5. The van der Waals surface area contributed by atoms with Crippen LogP contribution in [0, 0.1) is 12.8 Å². The second-order valence-electron chi connectivity index (χ2n) is 6.11. The van der Waals surface area contributed by atoms with Crippen LogP contribution < -0.4 is 5.32 Å². The highest BCUT2D eigenvalue weighted by Crippen LogP contribution is 2.19. The van der Waals surface area contributed by atoms with Crippen molar-refractivity contribution in [2.24, 2.45) is 5.92 Å². The molecule has 1 aliphatic rings. The molecule has 0 amide bonds. The summed E-state index contributed by atoms with van der Waals surface area (Å²) in [4.78, 5) is 11.2. The summed E-state index contributed by atoms with van der Waals surface area (Å²) < 4.78 is 0. The van der Waals surface area contributed by atoms with Crippen molar-refractivity contribution in [2.75, 3.05) is 25.0 Å². The summed E-state index contributed by atoms with van der Waals surface area (Å²) in [5, 5.41) is 3.38. The van der Waals surface area contributed by atoms with Crippen LogP contribution in [0.5, 0.6) is 0 Å². The van der Waals surface area contributed by atoms with Gasteiger partial charge in [-0.15, -0.1) is 0 Å². The van der Waals surface area contributed by atoms with Crippen molar-refractivity contribution in [2.45, 2.75) is 26.3 Å². The first-order valence-electron chi connectivity index (χ1n) is 8.09. The molecule has 0 bridgehead atoms. The third kappa shape index (κ3) is 4.28. The Hall–Kier alpha value is -1.94. The van der Waals surface area contributed by atoms with E-state index in [-0.39, 0.29) is 0 Å². The van der Waals surface area contributed by atoms with Crippen molar-refractivity contribution in [1.82, 2.24) is 14.9 Å². The highest BCUT2D eigenvalue weighted by Gasteiger charge is 2.19. The van der Waals surface area contributed by atoms with E-state index >= 15 is 0 Å². The number of benzene rings is 1. The first-order chi connectivity index (χ1) is 10.8. The van der Waals surface area contributed by atoms with E-state index in [1.165, 1.54) is 31.5 Å². The fraction of sp³-hybridized carbons (Fsp3) is 0.444. The Morgan fingerprint density at radius 1 is 1.14 bits per heavy atom. The smallest absolute Gasteiger partial charge is 0.222 e. The molecule has 1 aromatic heterocycles. The number of aromatic nitrogens is 2. The van der Waals surface area contributed by atoms with Crippen LogP contribution in [0.1, 0.15) is 24.1 Å². The zero-order valence-electron chi connectivity index (χ0n) is 13.2. The number of piperidine rings is 1. The van der Waals surface area contributed by atoms with Gasteiger partial charge in [-0.3, -0.25) is 4.90 Å². The summed E-state index contributed by atoms with van der Waals surface area (Å²) in [5.41, 5.74) is 2.42. The van der Waals surface area contributed by atoms with Gasteiger partial charge < -0.3 is 5.32 Å². The molecule has 3 rings (SSSR count). The first-order valence-corrected chi connectivity index (χ1v) is 8.09. The average molecular weight is 296 g/mol. The lowest BCUT2D eigenvalue weighted by molar-refractivity contribution is 0.182. The minimum atomic E-state index is 0.719. The molecule has 1 saturated heterocycles. The maximum absolute atomic E-state index is 4.40. The maximum Gasteiger partial charge on any atom is 0.222 e.